The van der Waals surface area contributed by atoms with E-state index >= 15 is 0 Å². The molecule has 0 aliphatic rings. The number of pyridine rings is 1. The van der Waals surface area contributed by atoms with E-state index in [1.54, 1.807) is 6.07 Å². The van der Waals surface area contributed by atoms with Crippen molar-refractivity contribution in [3.05, 3.63) is 49.2 Å². The summed E-state index contributed by atoms with van der Waals surface area (Å²) in [6.45, 7) is -0.438. The van der Waals surface area contributed by atoms with Gasteiger partial charge in [0.15, 0.2) is 16.4 Å². The van der Waals surface area contributed by atoms with Crippen molar-refractivity contribution in [1.29, 1.82) is 0 Å². The second-order valence-electron chi connectivity index (χ2n) is 6.29. The molecule has 1 aromatic carbocycles. The molecule has 0 saturated carbocycles. The fourth-order valence-electron chi connectivity index (χ4n) is 2.50. The summed E-state index contributed by atoms with van der Waals surface area (Å²) in [6, 6.07) is 6.84. The average molecular weight is 462 g/mol. The summed E-state index contributed by atoms with van der Waals surface area (Å²) in [6.07, 6.45) is -2.13. The largest absolute Gasteiger partial charge is 0.485 e. The van der Waals surface area contributed by atoms with Gasteiger partial charge < -0.3 is 4.74 Å². The van der Waals surface area contributed by atoms with Crippen LogP contribution in [0.1, 0.15) is 6.92 Å². The van der Waals surface area contributed by atoms with E-state index in [4.69, 9.17) is 0 Å². The Hall–Kier alpha value is -3.09. The third-order valence-electron chi connectivity index (χ3n) is 4.21. The van der Waals surface area contributed by atoms with Crippen LogP contribution in [0, 0.1) is 0 Å². The van der Waals surface area contributed by atoms with Gasteiger partial charge in [0, 0.05) is 5.56 Å². The molecule has 0 saturated heterocycles. The maximum atomic E-state index is 13.0. The highest BCUT2D eigenvalue weighted by Crippen LogP contribution is 2.36. The minimum Gasteiger partial charge on any atom is -0.485 e. The SMILES string of the molecule is CCS(=O)(=O)c1cc(-n2cncn2)ccc1-c1ccc(OCC(F)(F)C(F)(F)F)cn1. The third kappa shape index (κ3) is 4.81. The van der Waals surface area contributed by atoms with E-state index in [-0.39, 0.29) is 27.7 Å². The zero-order chi connectivity index (χ0) is 22.9. The first-order chi connectivity index (χ1) is 14.4. The van der Waals surface area contributed by atoms with E-state index < -0.39 is 28.5 Å². The van der Waals surface area contributed by atoms with E-state index in [0.717, 1.165) is 12.3 Å². The second kappa shape index (κ2) is 8.21. The first-order valence-corrected chi connectivity index (χ1v) is 10.4. The number of halogens is 5. The van der Waals surface area contributed by atoms with Crippen LogP contribution >= 0.6 is 0 Å². The van der Waals surface area contributed by atoms with Gasteiger partial charge >= 0.3 is 12.1 Å². The molecule has 0 N–H and O–H groups in total. The number of hydrogen-bond acceptors (Lipinski definition) is 6. The first kappa shape index (κ1) is 22.6. The molecule has 31 heavy (non-hydrogen) atoms. The highest BCUT2D eigenvalue weighted by Gasteiger charge is 2.58. The molecule has 0 atom stereocenters. The Morgan fingerprint density at radius 2 is 1.84 bits per heavy atom. The molecule has 0 fully saturated rings. The van der Waals surface area contributed by atoms with Gasteiger partial charge in [-0.1, -0.05) is 6.92 Å². The van der Waals surface area contributed by atoms with Gasteiger partial charge in [-0.25, -0.2) is 18.1 Å². The van der Waals surface area contributed by atoms with Crippen molar-refractivity contribution in [3.8, 4) is 22.7 Å². The van der Waals surface area contributed by atoms with Crippen molar-refractivity contribution >= 4 is 9.84 Å². The normalized spacial score (nSPS) is 12.7. The lowest BCUT2D eigenvalue weighted by Crippen LogP contribution is -2.41. The van der Waals surface area contributed by atoms with Crippen LogP contribution in [0.2, 0.25) is 0 Å². The standard InChI is InChI=1S/C18H15F5N4O3S/c1-2-31(28,29)16-7-12(27-11-24-10-26-27)3-5-14(16)15-6-4-13(8-25-15)30-9-17(19,20)18(21,22)23/h3-8,10-11H,2,9H2,1H3. The Labute approximate surface area is 173 Å². The van der Waals surface area contributed by atoms with Crippen LogP contribution in [0.15, 0.2) is 54.1 Å². The molecule has 0 aliphatic carbocycles. The van der Waals surface area contributed by atoms with Gasteiger partial charge in [-0.2, -0.15) is 27.1 Å². The Morgan fingerprint density at radius 3 is 2.39 bits per heavy atom. The minimum atomic E-state index is -5.74. The smallest absolute Gasteiger partial charge is 0.456 e. The number of aromatic nitrogens is 4. The van der Waals surface area contributed by atoms with Crippen LogP contribution in [0.25, 0.3) is 16.9 Å². The van der Waals surface area contributed by atoms with Crippen molar-refractivity contribution in [2.45, 2.75) is 23.9 Å². The van der Waals surface area contributed by atoms with Gasteiger partial charge in [0.2, 0.25) is 0 Å². The lowest BCUT2D eigenvalue weighted by atomic mass is 10.1. The van der Waals surface area contributed by atoms with Crippen molar-refractivity contribution in [2.24, 2.45) is 0 Å². The molecule has 7 nitrogen and oxygen atoms in total. The Kier molecular flexibility index (Phi) is 5.98. The molecule has 0 bridgehead atoms. The number of sulfone groups is 1. The van der Waals surface area contributed by atoms with Gasteiger partial charge in [0.25, 0.3) is 0 Å². The van der Waals surface area contributed by atoms with E-state index in [1.807, 2.05) is 0 Å². The fourth-order valence-corrected chi connectivity index (χ4v) is 3.62. The molecular weight excluding hydrogens is 447 g/mol. The van der Waals surface area contributed by atoms with Gasteiger partial charge in [0.05, 0.1) is 28.2 Å². The quantitative estimate of drug-likeness (QED) is 0.498. The molecule has 3 aromatic rings. The number of ether oxygens (including phenoxy) is 1. The predicted molar refractivity (Wildman–Crippen MR) is 98.8 cm³/mol. The number of alkyl halides is 5. The Morgan fingerprint density at radius 1 is 1.10 bits per heavy atom. The molecule has 0 unspecified atom stereocenters. The van der Waals surface area contributed by atoms with E-state index in [0.29, 0.717) is 5.69 Å². The number of nitrogens with zero attached hydrogens (tertiary/aromatic N) is 4. The molecule has 0 radical (unpaired) electrons. The monoisotopic (exact) mass is 462 g/mol. The van der Waals surface area contributed by atoms with Crippen LogP contribution in [-0.4, -0.2) is 52.6 Å². The summed E-state index contributed by atoms with van der Waals surface area (Å²) in [5.74, 6) is -5.55. The summed E-state index contributed by atoms with van der Waals surface area (Å²) >= 11 is 0. The predicted octanol–water partition coefficient (Wildman–Crippen LogP) is 3.70. The van der Waals surface area contributed by atoms with Gasteiger partial charge in [-0.3, -0.25) is 4.98 Å². The molecule has 2 heterocycles. The average Bonchev–Trinajstić information content (AvgIpc) is 3.26. The minimum absolute atomic E-state index is 0.0484. The fraction of sp³-hybridized carbons (Fsp3) is 0.278. The van der Waals surface area contributed by atoms with Crippen LogP contribution in [0.4, 0.5) is 22.0 Å². The second-order valence-corrected chi connectivity index (χ2v) is 8.54. The molecule has 3 rings (SSSR count). The Balaban J connectivity index is 1.92. The highest BCUT2D eigenvalue weighted by molar-refractivity contribution is 7.91. The number of rotatable bonds is 7. The summed E-state index contributed by atoms with van der Waals surface area (Å²) in [5.41, 5.74) is 0.813. The van der Waals surface area contributed by atoms with E-state index in [1.165, 1.54) is 42.5 Å². The lowest BCUT2D eigenvalue weighted by Gasteiger charge is -2.19. The summed E-state index contributed by atoms with van der Waals surface area (Å²) in [4.78, 5) is 7.72. The summed E-state index contributed by atoms with van der Waals surface area (Å²) in [5, 5.41) is 3.94. The molecule has 13 heteroatoms. The zero-order valence-corrected chi connectivity index (χ0v) is 16.7. The molecule has 0 amide bonds. The Bertz CT molecular complexity index is 1150. The molecule has 0 aliphatic heterocycles. The van der Waals surface area contributed by atoms with Gasteiger partial charge in [-0.15, -0.1) is 0 Å². The van der Waals surface area contributed by atoms with Crippen LogP contribution in [0.5, 0.6) is 5.75 Å². The van der Waals surface area contributed by atoms with Crippen molar-refractivity contribution in [1.82, 2.24) is 19.7 Å². The lowest BCUT2D eigenvalue weighted by molar-refractivity contribution is -0.290. The highest BCUT2D eigenvalue weighted by atomic mass is 32.2. The summed E-state index contributed by atoms with van der Waals surface area (Å²) < 4.78 is 93.8. The molecule has 166 valence electrons. The van der Waals surface area contributed by atoms with Crippen molar-refractivity contribution in [2.75, 3.05) is 12.4 Å². The van der Waals surface area contributed by atoms with Crippen LogP contribution < -0.4 is 4.74 Å². The van der Waals surface area contributed by atoms with Crippen LogP contribution in [-0.2, 0) is 9.84 Å². The number of benzene rings is 1. The summed E-state index contributed by atoms with van der Waals surface area (Å²) in [7, 11) is -3.70. The van der Waals surface area contributed by atoms with Crippen LogP contribution in [0.3, 0.4) is 0 Å². The van der Waals surface area contributed by atoms with Gasteiger partial charge in [0.1, 0.15) is 18.4 Å². The first-order valence-electron chi connectivity index (χ1n) is 8.70. The van der Waals surface area contributed by atoms with E-state index in [2.05, 4.69) is 19.8 Å². The number of hydrogen-bond donors (Lipinski definition) is 0. The van der Waals surface area contributed by atoms with E-state index in [9.17, 15) is 30.4 Å². The molecule has 0 spiro atoms. The zero-order valence-electron chi connectivity index (χ0n) is 15.8. The van der Waals surface area contributed by atoms with Crippen molar-refractivity contribution < 1.29 is 35.1 Å². The third-order valence-corrected chi connectivity index (χ3v) is 5.98. The van der Waals surface area contributed by atoms with Gasteiger partial charge in [-0.05, 0) is 30.3 Å². The molecular formula is C18H15F5N4O3S. The molecule has 2 aromatic heterocycles. The topological polar surface area (TPSA) is 87.0 Å². The maximum absolute atomic E-state index is 13.0. The maximum Gasteiger partial charge on any atom is 0.456 e. The van der Waals surface area contributed by atoms with Crippen molar-refractivity contribution in [3.63, 3.8) is 0 Å².